The van der Waals surface area contributed by atoms with Crippen LogP contribution < -0.4 is 5.32 Å². The number of amides is 1. The quantitative estimate of drug-likeness (QED) is 0.775. The van der Waals surface area contributed by atoms with Crippen molar-refractivity contribution in [2.24, 2.45) is 4.99 Å². The first-order chi connectivity index (χ1) is 12.8. The Balaban J connectivity index is 1.56. The van der Waals surface area contributed by atoms with E-state index in [1.54, 1.807) is 12.5 Å². The summed E-state index contributed by atoms with van der Waals surface area (Å²) in [7, 11) is 0. The molecule has 2 aromatic carbocycles. The maximum atomic E-state index is 12.4. The third-order valence-corrected chi connectivity index (χ3v) is 4.91. The molecule has 1 aliphatic heterocycles. The highest BCUT2D eigenvalue weighted by atomic mass is 16.1. The molecule has 26 heavy (non-hydrogen) atoms. The standard InChI is InChI=1S/C21H18N4O/c26-21-12-19(16-2-1-3-17(10-16)25-9-8-22-13-25)23-18-7-6-15(14-4-5-14)11-20(18)24-21/h1-3,6-11,13-14H,4-5,12H2,(H,24,26). The maximum absolute atomic E-state index is 12.4. The minimum atomic E-state index is -0.0246. The van der Waals surface area contributed by atoms with Crippen molar-refractivity contribution in [3.05, 3.63) is 72.3 Å². The predicted molar refractivity (Wildman–Crippen MR) is 101 cm³/mol. The van der Waals surface area contributed by atoms with Crippen LogP contribution in [0.2, 0.25) is 0 Å². The van der Waals surface area contributed by atoms with E-state index in [0.29, 0.717) is 5.92 Å². The highest BCUT2D eigenvalue weighted by Crippen LogP contribution is 2.42. The maximum Gasteiger partial charge on any atom is 0.230 e. The molecule has 1 aliphatic carbocycles. The van der Waals surface area contributed by atoms with Crippen molar-refractivity contribution in [2.75, 3.05) is 5.32 Å². The Bertz CT molecular complexity index is 1020. The summed E-state index contributed by atoms with van der Waals surface area (Å²) >= 11 is 0. The van der Waals surface area contributed by atoms with Gasteiger partial charge in [-0.15, -0.1) is 0 Å². The Morgan fingerprint density at radius 3 is 2.85 bits per heavy atom. The molecule has 1 N–H and O–H groups in total. The Morgan fingerprint density at radius 1 is 1.12 bits per heavy atom. The highest BCUT2D eigenvalue weighted by molar-refractivity contribution is 6.17. The number of anilines is 1. The Kier molecular flexibility index (Phi) is 3.45. The lowest BCUT2D eigenvalue weighted by Crippen LogP contribution is -2.15. The van der Waals surface area contributed by atoms with E-state index in [1.165, 1.54) is 18.4 Å². The number of carbonyl (C=O) groups is 1. The van der Waals surface area contributed by atoms with Gasteiger partial charge in [0.15, 0.2) is 0 Å². The highest BCUT2D eigenvalue weighted by Gasteiger charge is 2.25. The molecule has 0 spiro atoms. The third kappa shape index (κ3) is 2.81. The minimum Gasteiger partial charge on any atom is -0.324 e. The van der Waals surface area contributed by atoms with Crippen molar-refractivity contribution < 1.29 is 4.79 Å². The van der Waals surface area contributed by atoms with E-state index < -0.39 is 0 Å². The average molecular weight is 342 g/mol. The number of benzene rings is 2. The molecule has 0 saturated heterocycles. The van der Waals surface area contributed by atoms with Gasteiger partial charge in [0.1, 0.15) is 0 Å². The summed E-state index contributed by atoms with van der Waals surface area (Å²) in [5.41, 5.74) is 5.66. The molecule has 2 aliphatic rings. The van der Waals surface area contributed by atoms with Crippen molar-refractivity contribution in [3.8, 4) is 5.69 Å². The zero-order chi connectivity index (χ0) is 17.5. The second kappa shape index (κ2) is 5.95. The van der Waals surface area contributed by atoms with Crippen molar-refractivity contribution in [1.82, 2.24) is 9.55 Å². The fraction of sp³-hybridized carbons (Fsp3) is 0.190. The van der Waals surface area contributed by atoms with Gasteiger partial charge in [-0.05, 0) is 54.2 Å². The van der Waals surface area contributed by atoms with Gasteiger partial charge in [0, 0.05) is 18.1 Å². The van der Waals surface area contributed by atoms with E-state index in [0.717, 1.165) is 28.3 Å². The number of nitrogens with zero attached hydrogens (tertiary/aromatic N) is 3. The van der Waals surface area contributed by atoms with Gasteiger partial charge in [0.2, 0.25) is 5.91 Å². The van der Waals surface area contributed by atoms with Crippen LogP contribution in [-0.4, -0.2) is 21.2 Å². The van der Waals surface area contributed by atoms with E-state index >= 15 is 0 Å². The predicted octanol–water partition coefficient (Wildman–Crippen LogP) is 4.21. The van der Waals surface area contributed by atoms with Gasteiger partial charge in [-0.3, -0.25) is 9.79 Å². The number of rotatable bonds is 3. The zero-order valence-corrected chi connectivity index (χ0v) is 14.2. The first kappa shape index (κ1) is 15.1. The molecule has 1 amide bonds. The number of nitrogens with one attached hydrogen (secondary N) is 1. The molecule has 5 rings (SSSR count). The number of carbonyl (C=O) groups excluding carboxylic acids is 1. The first-order valence-electron chi connectivity index (χ1n) is 8.86. The van der Waals surface area contributed by atoms with Crippen molar-refractivity contribution in [1.29, 1.82) is 0 Å². The number of aromatic nitrogens is 2. The van der Waals surface area contributed by atoms with Crippen molar-refractivity contribution in [3.63, 3.8) is 0 Å². The van der Waals surface area contributed by atoms with E-state index in [9.17, 15) is 4.79 Å². The van der Waals surface area contributed by atoms with Gasteiger partial charge in [0.05, 0.1) is 29.8 Å². The molecule has 0 radical (unpaired) electrons. The summed E-state index contributed by atoms with van der Waals surface area (Å²) < 4.78 is 1.94. The van der Waals surface area contributed by atoms with Crippen LogP contribution >= 0.6 is 0 Å². The Labute approximate surface area is 151 Å². The molecule has 1 aromatic heterocycles. The summed E-state index contributed by atoms with van der Waals surface area (Å²) in [4.78, 5) is 21.3. The summed E-state index contributed by atoms with van der Waals surface area (Å²) in [6.45, 7) is 0. The molecular weight excluding hydrogens is 324 g/mol. The molecule has 3 aromatic rings. The number of imidazole rings is 1. The molecule has 1 saturated carbocycles. The second-order valence-corrected chi connectivity index (χ2v) is 6.85. The van der Waals surface area contributed by atoms with Gasteiger partial charge < -0.3 is 9.88 Å². The number of aliphatic imine (C=N–C) groups is 1. The van der Waals surface area contributed by atoms with E-state index in [2.05, 4.69) is 22.4 Å². The molecular formula is C21H18N4O. The van der Waals surface area contributed by atoms with Crippen LogP contribution in [0, 0.1) is 0 Å². The van der Waals surface area contributed by atoms with Gasteiger partial charge in [-0.25, -0.2) is 4.98 Å². The number of hydrogen-bond acceptors (Lipinski definition) is 3. The summed E-state index contributed by atoms with van der Waals surface area (Å²) in [5, 5.41) is 3.02. The van der Waals surface area contributed by atoms with E-state index in [-0.39, 0.29) is 12.3 Å². The van der Waals surface area contributed by atoms with Crippen LogP contribution in [0.4, 0.5) is 11.4 Å². The zero-order valence-electron chi connectivity index (χ0n) is 14.2. The fourth-order valence-electron chi connectivity index (χ4n) is 3.38. The monoisotopic (exact) mass is 342 g/mol. The van der Waals surface area contributed by atoms with Crippen LogP contribution in [0.3, 0.4) is 0 Å². The molecule has 2 heterocycles. The summed E-state index contributed by atoms with van der Waals surface area (Å²) in [6.07, 6.45) is 8.15. The lowest BCUT2D eigenvalue weighted by atomic mass is 10.1. The summed E-state index contributed by atoms with van der Waals surface area (Å²) in [6, 6.07) is 14.3. The molecule has 0 bridgehead atoms. The molecule has 1 fully saturated rings. The minimum absolute atomic E-state index is 0.0246. The SMILES string of the molecule is O=C1CC(c2cccc(-n3ccnc3)c2)=Nc2ccc(C3CC3)cc2N1. The number of fused-ring (bicyclic) bond motifs is 1. The lowest BCUT2D eigenvalue weighted by molar-refractivity contribution is -0.115. The van der Waals surface area contributed by atoms with Crippen molar-refractivity contribution >= 4 is 23.0 Å². The largest absolute Gasteiger partial charge is 0.324 e. The van der Waals surface area contributed by atoms with E-state index in [4.69, 9.17) is 4.99 Å². The van der Waals surface area contributed by atoms with Gasteiger partial charge in [-0.2, -0.15) is 0 Å². The van der Waals surface area contributed by atoms with Gasteiger partial charge in [0.25, 0.3) is 0 Å². The third-order valence-electron chi connectivity index (χ3n) is 4.91. The normalized spacial score (nSPS) is 16.5. The van der Waals surface area contributed by atoms with Crippen LogP contribution in [-0.2, 0) is 4.79 Å². The first-order valence-corrected chi connectivity index (χ1v) is 8.86. The topological polar surface area (TPSA) is 59.3 Å². The molecule has 0 atom stereocenters. The number of hydrogen-bond donors (Lipinski definition) is 1. The summed E-state index contributed by atoms with van der Waals surface area (Å²) in [5.74, 6) is 0.624. The smallest absolute Gasteiger partial charge is 0.230 e. The Hall–Kier alpha value is -3.21. The molecule has 5 heteroatoms. The second-order valence-electron chi connectivity index (χ2n) is 6.85. The van der Waals surface area contributed by atoms with Gasteiger partial charge >= 0.3 is 0 Å². The van der Waals surface area contributed by atoms with Crippen molar-refractivity contribution in [2.45, 2.75) is 25.2 Å². The van der Waals surface area contributed by atoms with Crippen LogP contribution in [0.15, 0.2) is 66.2 Å². The van der Waals surface area contributed by atoms with Crippen LogP contribution in [0.1, 0.15) is 36.3 Å². The van der Waals surface area contributed by atoms with Gasteiger partial charge in [-0.1, -0.05) is 18.2 Å². The molecule has 128 valence electrons. The lowest BCUT2D eigenvalue weighted by Gasteiger charge is -2.07. The Morgan fingerprint density at radius 2 is 2.04 bits per heavy atom. The van der Waals surface area contributed by atoms with E-state index in [1.807, 2.05) is 41.1 Å². The molecule has 0 unspecified atom stereocenters. The average Bonchev–Trinajstić information content (AvgIpc) is 3.39. The van der Waals surface area contributed by atoms with Crippen LogP contribution in [0.25, 0.3) is 5.69 Å². The van der Waals surface area contributed by atoms with Crippen LogP contribution in [0.5, 0.6) is 0 Å². The fourth-order valence-corrected chi connectivity index (χ4v) is 3.38. The molecule has 5 nitrogen and oxygen atoms in total.